The van der Waals surface area contributed by atoms with Crippen LogP contribution in [0.5, 0.6) is 5.75 Å². The van der Waals surface area contributed by atoms with E-state index < -0.39 is 0 Å². The fourth-order valence-corrected chi connectivity index (χ4v) is 2.63. The molecule has 4 N–H and O–H groups in total. The highest BCUT2D eigenvalue weighted by molar-refractivity contribution is 7.80. The maximum absolute atomic E-state index is 5.22. The lowest BCUT2D eigenvalue weighted by Crippen LogP contribution is -2.50. The first-order valence-corrected chi connectivity index (χ1v) is 7.76. The Balaban J connectivity index is 1.69. The second kappa shape index (κ2) is 7.99. The van der Waals surface area contributed by atoms with E-state index in [0.717, 1.165) is 11.4 Å². The van der Waals surface area contributed by atoms with Crippen LogP contribution in [0.2, 0.25) is 0 Å². The molecule has 0 atom stereocenters. The smallest absolute Gasteiger partial charge is 0.189 e. The Kier molecular flexibility index (Phi) is 6.01. The normalized spacial score (nSPS) is 14.3. The Morgan fingerprint density at radius 2 is 1.67 bits per heavy atom. The number of nitrogens with one attached hydrogen (secondary N) is 4. The van der Waals surface area contributed by atoms with Gasteiger partial charge < -0.3 is 15.4 Å². The summed E-state index contributed by atoms with van der Waals surface area (Å²) in [5.74, 6) is 0.805. The molecule has 0 heterocycles. The van der Waals surface area contributed by atoms with Crippen molar-refractivity contribution >= 4 is 40.3 Å². The summed E-state index contributed by atoms with van der Waals surface area (Å²) in [7, 11) is 1.64. The molecule has 2 rings (SSSR count). The molecule has 0 amide bonds. The van der Waals surface area contributed by atoms with Crippen molar-refractivity contribution in [3.63, 3.8) is 0 Å². The number of rotatable bonds is 3. The van der Waals surface area contributed by atoms with Gasteiger partial charge in [0.15, 0.2) is 10.2 Å². The number of anilines is 1. The van der Waals surface area contributed by atoms with E-state index in [1.165, 1.54) is 25.7 Å². The van der Waals surface area contributed by atoms with Crippen LogP contribution in [0.1, 0.15) is 25.7 Å². The Morgan fingerprint density at radius 1 is 1.05 bits per heavy atom. The first-order chi connectivity index (χ1) is 10.2. The molecule has 1 aromatic carbocycles. The minimum atomic E-state index is 0.454. The third kappa shape index (κ3) is 5.35. The number of thiocarbonyl (C=S) groups is 2. The van der Waals surface area contributed by atoms with Crippen molar-refractivity contribution in [2.24, 2.45) is 0 Å². The van der Waals surface area contributed by atoms with Crippen LogP contribution < -0.4 is 26.2 Å². The largest absolute Gasteiger partial charge is 0.497 e. The lowest BCUT2D eigenvalue weighted by atomic mass is 10.3. The van der Waals surface area contributed by atoms with Crippen molar-refractivity contribution < 1.29 is 4.74 Å². The van der Waals surface area contributed by atoms with Crippen LogP contribution in [0, 0.1) is 0 Å². The van der Waals surface area contributed by atoms with E-state index in [1.54, 1.807) is 7.11 Å². The molecule has 0 saturated heterocycles. The molecular weight excluding hydrogens is 304 g/mol. The molecule has 114 valence electrons. The second-order valence-corrected chi connectivity index (χ2v) is 5.70. The van der Waals surface area contributed by atoms with Gasteiger partial charge in [-0.05, 0) is 61.5 Å². The minimum Gasteiger partial charge on any atom is -0.497 e. The van der Waals surface area contributed by atoms with Crippen LogP contribution in [-0.4, -0.2) is 23.4 Å². The predicted octanol–water partition coefficient (Wildman–Crippen LogP) is 2.30. The van der Waals surface area contributed by atoms with Gasteiger partial charge in [0.05, 0.1) is 7.11 Å². The van der Waals surface area contributed by atoms with E-state index in [4.69, 9.17) is 29.2 Å². The number of benzene rings is 1. The Morgan fingerprint density at radius 3 is 2.29 bits per heavy atom. The molecule has 1 saturated carbocycles. The Bertz CT molecular complexity index is 486. The van der Waals surface area contributed by atoms with E-state index in [-0.39, 0.29) is 0 Å². The molecule has 0 bridgehead atoms. The van der Waals surface area contributed by atoms with Gasteiger partial charge in [0.2, 0.25) is 0 Å². The molecule has 1 aliphatic rings. The molecule has 1 aromatic rings. The molecule has 0 unspecified atom stereocenters. The fourth-order valence-electron chi connectivity index (χ4n) is 2.24. The topological polar surface area (TPSA) is 57.4 Å². The zero-order valence-electron chi connectivity index (χ0n) is 11.9. The van der Waals surface area contributed by atoms with Crippen LogP contribution in [0.3, 0.4) is 0 Å². The Hall–Kier alpha value is -1.60. The van der Waals surface area contributed by atoms with Crippen molar-refractivity contribution in [1.29, 1.82) is 0 Å². The second-order valence-electron chi connectivity index (χ2n) is 4.89. The zero-order chi connectivity index (χ0) is 15.1. The molecule has 5 nitrogen and oxygen atoms in total. The highest BCUT2D eigenvalue weighted by Gasteiger charge is 2.15. The molecular formula is C14H20N4OS2. The van der Waals surface area contributed by atoms with Gasteiger partial charge in [0, 0.05) is 11.7 Å². The third-order valence-corrected chi connectivity index (χ3v) is 3.75. The van der Waals surface area contributed by atoms with Gasteiger partial charge in [0.25, 0.3) is 0 Å². The van der Waals surface area contributed by atoms with Gasteiger partial charge in [-0.15, -0.1) is 0 Å². The van der Waals surface area contributed by atoms with Gasteiger partial charge in [-0.2, -0.15) is 0 Å². The standard InChI is InChI=1S/C14H20N4OS2/c1-19-12-8-6-11(7-9-12)16-14(21)18-17-13(20)15-10-4-2-3-5-10/h6-10H,2-5H2,1H3,(H2,15,17,20)(H2,16,18,21). The molecule has 7 heteroatoms. The maximum atomic E-state index is 5.22. The summed E-state index contributed by atoms with van der Waals surface area (Å²) in [5, 5.41) is 7.35. The van der Waals surface area contributed by atoms with E-state index in [1.807, 2.05) is 24.3 Å². The van der Waals surface area contributed by atoms with Crippen LogP contribution >= 0.6 is 24.4 Å². The highest BCUT2D eigenvalue weighted by atomic mass is 32.1. The summed E-state index contributed by atoms with van der Waals surface area (Å²) in [4.78, 5) is 0. The summed E-state index contributed by atoms with van der Waals surface area (Å²) < 4.78 is 5.10. The van der Waals surface area contributed by atoms with Gasteiger partial charge >= 0.3 is 0 Å². The molecule has 0 spiro atoms. The van der Waals surface area contributed by atoms with Gasteiger partial charge in [0.1, 0.15) is 5.75 Å². The number of methoxy groups -OCH3 is 1. The minimum absolute atomic E-state index is 0.454. The molecule has 0 aliphatic heterocycles. The molecule has 0 radical (unpaired) electrons. The number of ether oxygens (including phenoxy) is 1. The maximum Gasteiger partial charge on any atom is 0.189 e. The quantitative estimate of drug-likeness (QED) is 0.503. The number of hydrazine groups is 1. The average molecular weight is 324 g/mol. The van der Waals surface area contributed by atoms with Crippen LogP contribution in [0.15, 0.2) is 24.3 Å². The van der Waals surface area contributed by atoms with Gasteiger partial charge in [-0.1, -0.05) is 12.8 Å². The zero-order valence-corrected chi connectivity index (χ0v) is 13.6. The number of hydrogen-bond acceptors (Lipinski definition) is 3. The summed E-state index contributed by atoms with van der Waals surface area (Å²) in [6, 6.07) is 7.99. The summed E-state index contributed by atoms with van der Waals surface area (Å²) in [6.07, 6.45) is 4.89. The first-order valence-electron chi connectivity index (χ1n) is 6.95. The predicted molar refractivity (Wildman–Crippen MR) is 93.5 cm³/mol. The Labute approximate surface area is 135 Å². The van der Waals surface area contributed by atoms with E-state index >= 15 is 0 Å². The van der Waals surface area contributed by atoms with Crippen LogP contribution in [0.4, 0.5) is 5.69 Å². The van der Waals surface area contributed by atoms with Gasteiger partial charge in [-0.25, -0.2) is 0 Å². The fraction of sp³-hybridized carbons (Fsp3) is 0.429. The van der Waals surface area contributed by atoms with Crippen molar-refractivity contribution in [2.45, 2.75) is 31.7 Å². The van der Waals surface area contributed by atoms with Crippen molar-refractivity contribution in [3.05, 3.63) is 24.3 Å². The summed E-state index contributed by atoms with van der Waals surface area (Å²) in [6.45, 7) is 0. The molecule has 1 fully saturated rings. The van der Waals surface area contributed by atoms with Crippen molar-refractivity contribution in [3.8, 4) is 5.75 Å². The number of hydrogen-bond donors (Lipinski definition) is 4. The van der Waals surface area contributed by atoms with Crippen molar-refractivity contribution in [2.75, 3.05) is 12.4 Å². The van der Waals surface area contributed by atoms with Crippen molar-refractivity contribution in [1.82, 2.24) is 16.2 Å². The lowest BCUT2D eigenvalue weighted by Gasteiger charge is -2.17. The molecule has 21 heavy (non-hydrogen) atoms. The SMILES string of the molecule is COc1ccc(NC(=S)NNC(=S)NC2CCCC2)cc1. The summed E-state index contributed by atoms with van der Waals surface area (Å²) in [5.41, 5.74) is 6.64. The van der Waals surface area contributed by atoms with Crippen LogP contribution in [-0.2, 0) is 0 Å². The van der Waals surface area contributed by atoms with E-state index in [2.05, 4.69) is 21.5 Å². The molecule has 1 aliphatic carbocycles. The van der Waals surface area contributed by atoms with E-state index in [0.29, 0.717) is 16.3 Å². The van der Waals surface area contributed by atoms with E-state index in [9.17, 15) is 0 Å². The summed E-state index contributed by atoms with van der Waals surface area (Å²) >= 11 is 10.4. The van der Waals surface area contributed by atoms with Gasteiger partial charge in [-0.3, -0.25) is 10.9 Å². The lowest BCUT2D eigenvalue weighted by molar-refractivity contribution is 0.415. The first kappa shape index (κ1) is 15.8. The average Bonchev–Trinajstić information content (AvgIpc) is 2.99. The monoisotopic (exact) mass is 324 g/mol. The van der Waals surface area contributed by atoms with Crippen LogP contribution in [0.25, 0.3) is 0 Å². The third-order valence-electron chi connectivity index (χ3n) is 3.33. The highest BCUT2D eigenvalue weighted by Crippen LogP contribution is 2.17. The molecule has 0 aromatic heterocycles.